The normalized spacial score (nSPS) is 11.4. The van der Waals surface area contributed by atoms with Crippen molar-refractivity contribution in [1.29, 1.82) is 5.26 Å². The summed E-state index contributed by atoms with van der Waals surface area (Å²) in [5.74, 6) is -0.977. The molecule has 4 nitrogen and oxygen atoms in total. The lowest BCUT2D eigenvalue weighted by Crippen LogP contribution is -1.95. The van der Waals surface area contributed by atoms with E-state index in [9.17, 15) is 10.1 Å². The first-order valence-electron chi connectivity index (χ1n) is 7.67. The van der Waals surface area contributed by atoms with Crippen LogP contribution in [0.3, 0.4) is 0 Å². The molecule has 1 heterocycles. The van der Waals surface area contributed by atoms with Crippen LogP contribution in [0.15, 0.2) is 54.7 Å². The number of hydrogen-bond acceptors (Lipinski definition) is 2. The molecule has 0 amide bonds. The number of aromatic carboxylic acids is 1. The highest BCUT2D eigenvalue weighted by atomic mass is 16.4. The van der Waals surface area contributed by atoms with E-state index in [4.69, 9.17) is 5.11 Å². The molecule has 0 saturated heterocycles. The van der Waals surface area contributed by atoms with Gasteiger partial charge in [-0.25, -0.2) is 4.79 Å². The first-order valence-corrected chi connectivity index (χ1v) is 7.67. The lowest BCUT2D eigenvalue weighted by molar-refractivity contribution is 0.0697. The minimum absolute atomic E-state index is 0.207. The second kappa shape index (κ2) is 6.43. The number of benzene rings is 2. The summed E-state index contributed by atoms with van der Waals surface area (Å²) in [6.45, 7) is 2.93. The molecule has 0 aliphatic carbocycles. The van der Waals surface area contributed by atoms with E-state index in [0.29, 0.717) is 11.1 Å². The summed E-state index contributed by atoms with van der Waals surface area (Å²) in [7, 11) is 0. The van der Waals surface area contributed by atoms with Gasteiger partial charge in [0.2, 0.25) is 0 Å². The molecule has 1 N–H and O–H groups in total. The van der Waals surface area contributed by atoms with Crippen LogP contribution < -0.4 is 0 Å². The highest BCUT2D eigenvalue weighted by Gasteiger charge is 2.09. The van der Waals surface area contributed by atoms with Crippen LogP contribution in [-0.2, 0) is 6.54 Å². The SMILES string of the molecule is CCn1cc(/C=C(/C#N)c2ccc(C(=O)O)cc2)c2ccccc21. The Morgan fingerprint density at radius 2 is 1.83 bits per heavy atom. The van der Waals surface area contributed by atoms with Gasteiger partial charge in [-0.2, -0.15) is 5.26 Å². The molecule has 2 aromatic carbocycles. The Labute approximate surface area is 139 Å². The van der Waals surface area contributed by atoms with E-state index in [1.165, 1.54) is 12.1 Å². The Kier molecular flexibility index (Phi) is 4.17. The maximum absolute atomic E-state index is 10.9. The number of nitriles is 1. The maximum atomic E-state index is 10.9. The Morgan fingerprint density at radius 3 is 2.46 bits per heavy atom. The third-order valence-corrected chi connectivity index (χ3v) is 4.02. The third kappa shape index (κ3) is 2.80. The molecule has 0 unspecified atom stereocenters. The Hall–Kier alpha value is -3.32. The lowest BCUT2D eigenvalue weighted by Gasteiger charge is -2.00. The van der Waals surface area contributed by atoms with E-state index in [1.54, 1.807) is 12.1 Å². The van der Waals surface area contributed by atoms with Gasteiger partial charge in [0.15, 0.2) is 0 Å². The molecule has 118 valence electrons. The average molecular weight is 316 g/mol. The Morgan fingerprint density at radius 1 is 1.17 bits per heavy atom. The van der Waals surface area contributed by atoms with Gasteiger partial charge in [-0.3, -0.25) is 0 Å². The predicted molar refractivity (Wildman–Crippen MR) is 94.5 cm³/mol. The van der Waals surface area contributed by atoms with Crippen molar-refractivity contribution in [3.05, 3.63) is 71.4 Å². The van der Waals surface area contributed by atoms with Gasteiger partial charge in [0.05, 0.1) is 17.2 Å². The molecular weight excluding hydrogens is 300 g/mol. The van der Waals surface area contributed by atoms with Crippen molar-refractivity contribution in [2.45, 2.75) is 13.5 Å². The van der Waals surface area contributed by atoms with Gasteiger partial charge in [-0.15, -0.1) is 0 Å². The Balaban J connectivity index is 2.08. The van der Waals surface area contributed by atoms with E-state index in [1.807, 2.05) is 30.5 Å². The lowest BCUT2D eigenvalue weighted by atomic mass is 10.0. The number of nitrogens with zero attached hydrogens (tertiary/aromatic N) is 2. The number of fused-ring (bicyclic) bond motifs is 1. The zero-order valence-electron chi connectivity index (χ0n) is 13.2. The van der Waals surface area contributed by atoms with E-state index in [-0.39, 0.29) is 5.56 Å². The van der Waals surface area contributed by atoms with Gasteiger partial charge in [0, 0.05) is 29.2 Å². The molecule has 0 spiro atoms. The number of carboxylic acids is 1. The van der Waals surface area contributed by atoms with Crippen molar-refractivity contribution in [1.82, 2.24) is 4.57 Å². The number of hydrogen-bond donors (Lipinski definition) is 1. The molecule has 0 aliphatic heterocycles. The highest BCUT2D eigenvalue weighted by Crippen LogP contribution is 2.26. The zero-order valence-corrected chi connectivity index (χ0v) is 13.2. The first-order chi connectivity index (χ1) is 11.6. The molecule has 3 rings (SSSR count). The monoisotopic (exact) mass is 316 g/mol. The fourth-order valence-corrected chi connectivity index (χ4v) is 2.78. The third-order valence-electron chi connectivity index (χ3n) is 4.02. The molecule has 0 atom stereocenters. The minimum atomic E-state index is -0.977. The number of rotatable bonds is 4. The number of aromatic nitrogens is 1. The molecule has 0 radical (unpaired) electrons. The van der Waals surface area contributed by atoms with E-state index < -0.39 is 5.97 Å². The summed E-state index contributed by atoms with van der Waals surface area (Å²) in [5.41, 5.74) is 3.52. The van der Waals surface area contributed by atoms with Crippen molar-refractivity contribution >= 4 is 28.5 Å². The average Bonchev–Trinajstić information content (AvgIpc) is 2.97. The second-order valence-electron chi connectivity index (χ2n) is 5.44. The highest BCUT2D eigenvalue weighted by molar-refractivity contribution is 5.98. The van der Waals surface area contributed by atoms with Crippen LogP contribution in [0.5, 0.6) is 0 Å². The molecular formula is C20H16N2O2. The van der Waals surface area contributed by atoms with E-state index >= 15 is 0 Å². The van der Waals surface area contributed by atoms with E-state index in [2.05, 4.69) is 23.6 Å². The van der Waals surface area contributed by atoms with Crippen LogP contribution in [-0.4, -0.2) is 15.6 Å². The van der Waals surface area contributed by atoms with Crippen LogP contribution in [0, 0.1) is 11.3 Å². The predicted octanol–water partition coefficient (Wildman–Crippen LogP) is 4.42. The van der Waals surface area contributed by atoms with Crippen molar-refractivity contribution in [3.8, 4) is 6.07 Å². The smallest absolute Gasteiger partial charge is 0.335 e. The van der Waals surface area contributed by atoms with E-state index in [0.717, 1.165) is 23.0 Å². The van der Waals surface area contributed by atoms with Crippen LogP contribution >= 0.6 is 0 Å². The summed E-state index contributed by atoms with van der Waals surface area (Å²) in [6.07, 6.45) is 3.89. The van der Waals surface area contributed by atoms with Gasteiger partial charge in [0.25, 0.3) is 0 Å². The number of para-hydroxylation sites is 1. The first kappa shape index (κ1) is 15.6. The largest absolute Gasteiger partial charge is 0.478 e. The summed E-state index contributed by atoms with van der Waals surface area (Å²) in [5, 5.41) is 19.6. The van der Waals surface area contributed by atoms with Gasteiger partial charge in [0.1, 0.15) is 0 Å². The number of carbonyl (C=O) groups is 1. The van der Waals surface area contributed by atoms with Gasteiger partial charge in [-0.05, 0) is 36.8 Å². The summed E-state index contributed by atoms with van der Waals surface area (Å²) < 4.78 is 2.14. The maximum Gasteiger partial charge on any atom is 0.335 e. The molecule has 3 aromatic rings. The van der Waals surface area contributed by atoms with Gasteiger partial charge < -0.3 is 9.67 Å². The molecule has 1 aromatic heterocycles. The molecule has 0 saturated carbocycles. The molecule has 0 bridgehead atoms. The molecule has 0 aliphatic rings. The van der Waals surface area contributed by atoms with Crippen LogP contribution in [0.1, 0.15) is 28.4 Å². The molecule has 0 fully saturated rings. The molecule has 24 heavy (non-hydrogen) atoms. The summed E-state index contributed by atoms with van der Waals surface area (Å²) in [6, 6.07) is 16.6. The summed E-state index contributed by atoms with van der Waals surface area (Å²) in [4.78, 5) is 10.9. The van der Waals surface area contributed by atoms with Crippen LogP contribution in [0.4, 0.5) is 0 Å². The minimum Gasteiger partial charge on any atom is -0.478 e. The topological polar surface area (TPSA) is 66.0 Å². The van der Waals surface area contributed by atoms with Crippen molar-refractivity contribution in [2.24, 2.45) is 0 Å². The fourth-order valence-electron chi connectivity index (χ4n) is 2.78. The number of aryl methyl sites for hydroxylation is 1. The summed E-state index contributed by atoms with van der Waals surface area (Å²) >= 11 is 0. The number of allylic oxidation sites excluding steroid dienone is 1. The quantitative estimate of drug-likeness (QED) is 0.724. The standard InChI is InChI=1S/C20H16N2O2/c1-2-22-13-17(18-5-3-4-6-19(18)22)11-16(12-21)14-7-9-15(10-8-14)20(23)24/h3-11,13H,2H2,1H3,(H,23,24)/b16-11-. The van der Waals surface area contributed by atoms with Crippen molar-refractivity contribution in [3.63, 3.8) is 0 Å². The van der Waals surface area contributed by atoms with Gasteiger partial charge in [-0.1, -0.05) is 30.3 Å². The van der Waals surface area contributed by atoms with Crippen LogP contribution in [0.2, 0.25) is 0 Å². The van der Waals surface area contributed by atoms with Crippen molar-refractivity contribution < 1.29 is 9.90 Å². The second-order valence-corrected chi connectivity index (χ2v) is 5.44. The van der Waals surface area contributed by atoms with Crippen LogP contribution in [0.25, 0.3) is 22.6 Å². The Bertz CT molecular complexity index is 973. The zero-order chi connectivity index (χ0) is 17.1. The van der Waals surface area contributed by atoms with Crippen molar-refractivity contribution in [2.75, 3.05) is 0 Å². The van der Waals surface area contributed by atoms with Gasteiger partial charge >= 0.3 is 5.97 Å². The molecule has 4 heteroatoms. The number of carboxylic acid groups (broad SMARTS) is 1. The fraction of sp³-hybridized carbons (Fsp3) is 0.100.